The summed E-state index contributed by atoms with van der Waals surface area (Å²) in [5.74, 6) is 2.38. The first-order chi connectivity index (χ1) is 24.2. The number of para-hydroxylation sites is 1. The zero-order valence-corrected chi connectivity index (χ0v) is 29.4. The molecule has 8 aromatic rings. The maximum absolute atomic E-state index is 6.58. The SMILES string of the molecule is Cc1cc(C)c(-c2ccnc(-c3cccc(Oc4ccc5c6ccccc6n(-c6cc(-c7c(C)cc(C)cc7C)ccn6)c5c4)c3)c2)c(C)c1. The Bertz CT molecular complexity index is 2550. The summed E-state index contributed by atoms with van der Waals surface area (Å²) in [7, 11) is 0. The summed E-state index contributed by atoms with van der Waals surface area (Å²) in [4.78, 5) is 9.65. The number of aromatic nitrogens is 3. The Morgan fingerprint density at radius 2 is 1.06 bits per heavy atom. The topological polar surface area (TPSA) is 39.9 Å². The van der Waals surface area contributed by atoms with Crippen LogP contribution < -0.4 is 4.74 Å². The highest BCUT2D eigenvalue weighted by atomic mass is 16.5. The predicted molar refractivity (Wildman–Crippen MR) is 208 cm³/mol. The van der Waals surface area contributed by atoms with Gasteiger partial charge in [0.25, 0.3) is 0 Å². The highest BCUT2D eigenvalue weighted by Crippen LogP contribution is 2.37. The Balaban J connectivity index is 1.18. The van der Waals surface area contributed by atoms with E-state index in [0.717, 1.165) is 50.6 Å². The molecule has 0 fully saturated rings. The minimum absolute atomic E-state index is 0.754. The molecular formula is C46H39N3O. The van der Waals surface area contributed by atoms with Gasteiger partial charge in [0.2, 0.25) is 0 Å². The standard InChI is InChI=1S/C46H39N3O/c1-28-20-30(3)45(31(4)21-28)35-16-18-47-41(25-35)34-10-9-11-37(24-34)50-38-14-15-40-39-12-7-8-13-42(39)49(43(40)27-38)44-26-36(17-19-48-44)46-32(5)22-29(2)23-33(46)6/h7-27H,1-6H3. The number of hydrogen-bond donors (Lipinski definition) is 0. The minimum atomic E-state index is 0.754. The van der Waals surface area contributed by atoms with Gasteiger partial charge in [-0.1, -0.05) is 65.7 Å². The first kappa shape index (κ1) is 31.3. The van der Waals surface area contributed by atoms with Crippen LogP contribution in [-0.4, -0.2) is 14.5 Å². The minimum Gasteiger partial charge on any atom is -0.457 e. The molecule has 0 radical (unpaired) electrons. The summed E-state index contributed by atoms with van der Waals surface area (Å²) < 4.78 is 8.83. The van der Waals surface area contributed by atoms with Crippen LogP contribution in [0.25, 0.3) is 61.1 Å². The lowest BCUT2D eigenvalue weighted by atomic mass is 9.93. The molecule has 0 saturated carbocycles. The molecule has 0 unspecified atom stereocenters. The van der Waals surface area contributed by atoms with Gasteiger partial charge >= 0.3 is 0 Å². The van der Waals surface area contributed by atoms with Crippen LogP contribution in [0.4, 0.5) is 0 Å². The first-order valence-corrected chi connectivity index (χ1v) is 17.1. The van der Waals surface area contributed by atoms with Crippen molar-refractivity contribution in [3.63, 3.8) is 0 Å². The van der Waals surface area contributed by atoms with Gasteiger partial charge < -0.3 is 4.74 Å². The monoisotopic (exact) mass is 649 g/mol. The van der Waals surface area contributed by atoms with Gasteiger partial charge in [0.05, 0.1) is 16.7 Å². The number of fused-ring (bicyclic) bond motifs is 3. The summed E-state index contributed by atoms with van der Waals surface area (Å²) >= 11 is 0. The summed E-state index contributed by atoms with van der Waals surface area (Å²) in [5, 5.41) is 2.33. The molecule has 0 aliphatic rings. The molecule has 0 aliphatic carbocycles. The van der Waals surface area contributed by atoms with E-state index in [1.807, 2.05) is 24.5 Å². The van der Waals surface area contributed by atoms with E-state index in [1.54, 1.807) is 0 Å². The quantitative estimate of drug-likeness (QED) is 0.180. The lowest BCUT2D eigenvalue weighted by molar-refractivity contribution is 0.483. The van der Waals surface area contributed by atoms with Gasteiger partial charge in [-0.2, -0.15) is 0 Å². The van der Waals surface area contributed by atoms with E-state index in [1.165, 1.54) is 55.5 Å². The highest BCUT2D eigenvalue weighted by Gasteiger charge is 2.16. The second kappa shape index (κ2) is 12.5. The summed E-state index contributed by atoms with van der Waals surface area (Å²) in [5.41, 5.74) is 16.5. The van der Waals surface area contributed by atoms with E-state index in [9.17, 15) is 0 Å². The molecule has 5 aromatic carbocycles. The number of aryl methyl sites for hydroxylation is 6. The van der Waals surface area contributed by atoms with Gasteiger partial charge in [-0.3, -0.25) is 9.55 Å². The van der Waals surface area contributed by atoms with Gasteiger partial charge in [0.15, 0.2) is 0 Å². The van der Waals surface area contributed by atoms with Crippen molar-refractivity contribution >= 4 is 21.8 Å². The third kappa shape index (κ3) is 5.63. The van der Waals surface area contributed by atoms with Crippen LogP contribution in [0, 0.1) is 41.5 Å². The fraction of sp³-hybridized carbons (Fsp3) is 0.130. The molecule has 0 amide bonds. The van der Waals surface area contributed by atoms with Crippen LogP contribution in [0.2, 0.25) is 0 Å². The van der Waals surface area contributed by atoms with Crippen LogP contribution in [-0.2, 0) is 0 Å². The normalized spacial score (nSPS) is 11.4. The number of ether oxygens (including phenoxy) is 1. The van der Waals surface area contributed by atoms with E-state index in [0.29, 0.717) is 0 Å². The van der Waals surface area contributed by atoms with Gasteiger partial charge in [0, 0.05) is 34.8 Å². The summed E-state index contributed by atoms with van der Waals surface area (Å²) in [6, 6.07) is 40.6. The van der Waals surface area contributed by atoms with Crippen molar-refractivity contribution in [1.29, 1.82) is 0 Å². The molecule has 0 atom stereocenters. The van der Waals surface area contributed by atoms with E-state index < -0.39 is 0 Å². The molecule has 244 valence electrons. The smallest absolute Gasteiger partial charge is 0.138 e. The number of nitrogens with zero attached hydrogens (tertiary/aromatic N) is 3. The maximum Gasteiger partial charge on any atom is 0.138 e. The molecule has 3 aromatic heterocycles. The molecule has 50 heavy (non-hydrogen) atoms. The predicted octanol–water partition coefficient (Wildman–Crippen LogP) is 12.2. The van der Waals surface area contributed by atoms with Crippen LogP contribution in [0.5, 0.6) is 11.5 Å². The fourth-order valence-corrected chi connectivity index (χ4v) is 7.83. The Hall–Kier alpha value is -6.00. The number of pyridine rings is 2. The molecule has 0 saturated heterocycles. The Morgan fingerprint density at radius 1 is 0.460 bits per heavy atom. The lowest BCUT2D eigenvalue weighted by Gasteiger charge is -2.14. The number of benzene rings is 5. The number of hydrogen-bond acceptors (Lipinski definition) is 3. The molecule has 0 spiro atoms. The maximum atomic E-state index is 6.58. The van der Waals surface area contributed by atoms with Crippen molar-refractivity contribution < 1.29 is 4.74 Å². The molecule has 0 N–H and O–H groups in total. The van der Waals surface area contributed by atoms with E-state index in [4.69, 9.17) is 14.7 Å². The average molecular weight is 650 g/mol. The molecule has 4 heteroatoms. The van der Waals surface area contributed by atoms with Gasteiger partial charge in [-0.25, -0.2) is 4.98 Å². The lowest BCUT2D eigenvalue weighted by Crippen LogP contribution is -1.99. The van der Waals surface area contributed by atoms with Crippen molar-refractivity contribution in [2.24, 2.45) is 0 Å². The van der Waals surface area contributed by atoms with Crippen LogP contribution in [0.1, 0.15) is 33.4 Å². The Morgan fingerprint density at radius 3 is 1.76 bits per heavy atom. The second-order valence-corrected chi connectivity index (χ2v) is 13.5. The van der Waals surface area contributed by atoms with Crippen molar-refractivity contribution in [2.75, 3.05) is 0 Å². The van der Waals surface area contributed by atoms with Gasteiger partial charge in [-0.15, -0.1) is 0 Å². The van der Waals surface area contributed by atoms with Crippen LogP contribution in [0.15, 0.2) is 128 Å². The van der Waals surface area contributed by atoms with Crippen molar-refractivity contribution in [2.45, 2.75) is 41.5 Å². The third-order valence-corrected chi connectivity index (χ3v) is 9.68. The molecule has 0 bridgehead atoms. The number of rotatable bonds is 6. The van der Waals surface area contributed by atoms with Crippen LogP contribution >= 0.6 is 0 Å². The molecule has 3 heterocycles. The van der Waals surface area contributed by atoms with E-state index in [2.05, 4.69) is 149 Å². The van der Waals surface area contributed by atoms with Crippen molar-refractivity contribution in [3.05, 3.63) is 161 Å². The molecular weight excluding hydrogens is 611 g/mol. The Labute approximate surface area is 293 Å². The average Bonchev–Trinajstić information content (AvgIpc) is 3.41. The zero-order chi connectivity index (χ0) is 34.5. The fourth-order valence-electron chi connectivity index (χ4n) is 7.83. The zero-order valence-electron chi connectivity index (χ0n) is 29.4. The van der Waals surface area contributed by atoms with E-state index >= 15 is 0 Å². The van der Waals surface area contributed by atoms with Gasteiger partial charge in [0.1, 0.15) is 17.3 Å². The van der Waals surface area contributed by atoms with Crippen molar-refractivity contribution in [3.8, 4) is 50.8 Å². The van der Waals surface area contributed by atoms with Crippen LogP contribution in [0.3, 0.4) is 0 Å². The summed E-state index contributed by atoms with van der Waals surface area (Å²) in [6.07, 6.45) is 3.81. The van der Waals surface area contributed by atoms with Crippen molar-refractivity contribution in [1.82, 2.24) is 14.5 Å². The van der Waals surface area contributed by atoms with E-state index in [-0.39, 0.29) is 0 Å². The third-order valence-electron chi connectivity index (χ3n) is 9.68. The second-order valence-electron chi connectivity index (χ2n) is 13.5. The first-order valence-electron chi connectivity index (χ1n) is 17.1. The highest BCUT2D eigenvalue weighted by molar-refractivity contribution is 6.09. The Kier molecular flexibility index (Phi) is 7.80. The molecule has 0 aliphatic heterocycles. The molecule has 8 rings (SSSR count). The van der Waals surface area contributed by atoms with Gasteiger partial charge in [-0.05, 0) is 141 Å². The molecule has 4 nitrogen and oxygen atoms in total. The largest absolute Gasteiger partial charge is 0.457 e. The summed E-state index contributed by atoms with van der Waals surface area (Å²) in [6.45, 7) is 13.0.